The first kappa shape index (κ1) is 17.1. The minimum absolute atomic E-state index is 0.0707. The third-order valence-electron chi connectivity index (χ3n) is 2.68. The molecule has 0 aliphatic carbocycles. The van der Waals surface area contributed by atoms with Crippen LogP contribution in [-0.2, 0) is 9.59 Å². The first-order chi connectivity index (χ1) is 9.91. The zero-order valence-electron chi connectivity index (χ0n) is 11.5. The van der Waals surface area contributed by atoms with Crippen molar-refractivity contribution >= 4 is 29.1 Å². The molecule has 2 atom stereocenters. The fraction of sp³-hybridized carbons (Fsp3) is 0.462. The minimum atomic E-state index is -1.32. The summed E-state index contributed by atoms with van der Waals surface area (Å²) in [6.45, 7) is 1.61. The molecule has 1 heterocycles. The quantitative estimate of drug-likeness (QED) is 0.512. The Balaban J connectivity index is 2.24. The summed E-state index contributed by atoms with van der Waals surface area (Å²) in [4.78, 5) is 34.5. The fourth-order valence-corrected chi connectivity index (χ4v) is 2.22. The molecule has 21 heavy (non-hydrogen) atoms. The lowest BCUT2D eigenvalue weighted by Gasteiger charge is -2.16. The molecule has 2 amide bonds. The van der Waals surface area contributed by atoms with E-state index in [9.17, 15) is 19.5 Å². The Kier molecular flexibility index (Phi) is 6.83. The molecule has 0 unspecified atom stereocenters. The van der Waals surface area contributed by atoms with E-state index in [1.54, 1.807) is 17.5 Å². The average Bonchev–Trinajstić information content (AvgIpc) is 2.94. The van der Waals surface area contributed by atoms with Crippen LogP contribution in [0.25, 0.3) is 0 Å². The molecular formula is C13H18N2O5S. The van der Waals surface area contributed by atoms with Gasteiger partial charge >= 0.3 is 5.97 Å². The van der Waals surface area contributed by atoms with Crippen molar-refractivity contribution < 1.29 is 24.6 Å². The summed E-state index contributed by atoms with van der Waals surface area (Å²) in [5, 5.41) is 24.7. The molecule has 0 aliphatic rings. The highest BCUT2D eigenvalue weighted by atomic mass is 32.1. The Morgan fingerprint density at radius 2 is 2.10 bits per heavy atom. The van der Waals surface area contributed by atoms with Gasteiger partial charge in [-0.15, -0.1) is 11.3 Å². The van der Waals surface area contributed by atoms with Crippen molar-refractivity contribution in [2.75, 3.05) is 6.54 Å². The molecule has 4 N–H and O–H groups in total. The van der Waals surface area contributed by atoms with Gasteiger partial charge in [-0.25, -0.2) is 4.79 Å². The van der Waals surface area contributed by atoms with Crippen molar-refractivity contribution in [3.8, 4) is 0 Å². The molecule has 0 bridgehead atoms. The summed E-state index contributed by atoms with van der Waals surface area (Å²) in [7, 11) is 0. The van der Waals surface area contributed by atoms with Crippen LogP contribution in [0.15, 0.2) is 17.5 Å². The molecule has 0 aliphatic heterocycles. The number of thiophene rings is 1. The predicted molar refractivity (Wildman–Crippen MR) is 77.1 cm³/mol. The summed E-state index contributed by atoms with van der Waals surface area (Å²) in [6.07, 6.45) is -0.721. The molecule has 1 aromatic rings. The van der Waals surface area contributed by atoms with Gasteiger partial charge in [0.1, 0.15) is 0 Å². The standard InChI is InChI=1S/C13H18N2O5S/c1-8(16)11(13(19)20)15-10(17)5-2-6-14-12(18)9-4-3-7-21-9/h3-4,7-8,11,16H,2,5-6H2,1H3,(H,14,18)(H,15,17)(H,19,20)/t8-,11+/m1/s1. The highest BCUT2D eigenvalue weighted by Crippen LogP contribution is 2.07. The fourth-order valence-electron chi connectivity index (χ4n) is 1.58. The van der Waals surface area contributed by atoms with E-state index in [2.05, 4.69) is 10.6 Å². The Labute approximate surface area is 126 Å². The first-order valence-electron chi connectivity index (χ1n) is 6.43. The van der Waals surface area contributed by atoms with Gasteiger partial charge in [0.15, 0.2) is 6.04 Å². The summed E-state index contributed by atoms with van der Waals surface area (Å²) < 4.78 is 0. The largest absolute Gasteiger partial charge is 0.480 e. The number of aliphatic carboxylic acids is 1. The normalized spacial score (nSPS) is 13.2. The molecule has 116 valence electrons. The maximum Gasteiger partial charge on any atom is 0.328 e. The summed E-state index contributed by atoms with van der Waals surface area (Å²) in [6, 6.07) is 2.15. The predicted octanol–water partition coefficient (Wildman–Crippen LogP) is 0.208. The first-order valence-corrected chi connectivity index (χ1v) is 7.31. The second-order valence-electron chi connectivity index (χ2n) is 4.46. The number of carboxylic acids is 1. The summed E-state index contributed by atoms with van der Waals surface area (Å²) >= 11 is 1.33. The Morgan fingerprint density at radius 3 is 2.62 bits per heavy atom. The monoisotopic (exact) mass is 314 g/mol. The van der Waals surface area contributed by atoms with Crippen LogP contribution < -0.4 is 10.6 Å². The third-order valence-corrected chi connectivity index (χ3v) is 3.54. The smallest absolute Gasteiger partial charge is 0.328 e. The van der Waals surface area contributed by atoms with Gasteiger partial charge < -0.3 is 20.8 Å². The maximum atomic E-state index is 11.6. The van der Waals surface area contributed by atoms with E-state index < -0.39 is 24.0 Å². The number of hydrogen-bond acceptors (Lipinski definition) is 5. The van der Waals surface area contributed by atoms with Crippen molar-refractivity contribution in [1.29, 1.82) is 0 Å². The number of hydrogen-bond donors (Lipinski definition) is 4. The SMILES string of the molecule is C[C@@H](O)[C@H](NC(=O)CCCNC(=O)c1cccs1)C(=O)O. The highest BCUT2D eigenvalue weighted by molar-refractivity contribution is 7.12. The van der Waals surface area contributed by atoms with Crippen LogP contribution in [0.1, 0.15) is 29.4 Å². The van der Waals surface area contributed by atoms with E-state index in [1.807, 2.05) is 0 Å². The van der Waals surface area contributed by atoms with E-state index in [0.717, 1.165) is 0 Å². The number of carboxylic acid groups (broad SMARTS) is 1. The van der Waals surface area contributed by atoms with Crippen LogP contribution in [0.5, 0.6) is 0 Å². The van der Waals surface area contributed by atoms with E-state index in [-0.39, 0.29) is 12.3 Å². The topological polar surface area (TPSA) is 116 Å². The van der Waals surface area contributed by atoms with Gasteiger partial charge in [0.25, 0.3) is 5.91 Å². The summed E-state index contributed by atoms with van der Waals surface area (Å²) in [5.41, 5.74) is 0. The van der Waals surface area contributed by atoms with Crippen molar-refractivity contribution in [2.24, 2.45) is 0 Å². The molecule has 0 aromatic carbocycles. The number of aliphatic hydroxyl groups is 1. The van der Waals surface area contributed by atoms with E-state index in [0.29, 0.717) is 17.8 Å². The highest BCUT2D eigenvalue weighted by Gasteiger charge is 2.24. The van der Waals surface area contributed by atoms with E-state index in [1.165, 1.54) is 18.3 Å². The van der Waals surface area contributed by atoms with Gasteiger partial charge in [0.2, 0.25) is 5.91 Å². The molecule has 1 rings (SSSR count). The molecular weight excluding hydrogens is 296 g/mol. The Bertz CT molecular complexity index is 487. The molecule has 0 saturated carbocycles. The lowest BCUT2D eigenvalue weighted by atomic mass is 10.1. The van der Waals surface area contributed by atoms with Gasteiger partial charge in [0, 0.05) is 13.0 Å². The molecule has 0 fully saturated rings. The number of carbonyl (C=O) groups is 3. The second-order valence-corrected chi connectivity index (χ2v) is 5.41. The van der Waals surface area contributed by atoms with Crippen LogP contribution >= 0.6 is 11.3 Å². The van der Waals surface area contributed by atoms with Crippen LogP contribution in [0.2, 0.25) is 0 Å². The molecule has 0 saturated heterocycles. The average molecular weight is 314 g/mol. The van der Waals surface area contributed by atoms with E-state index >= 15 is 0 Å². The molecule has 1 aromatic heterocycles. The Hall–Kier alpha value is -1.93. The maximum absolute atomic E-state index is 11.6. The molecule has 7 nitrogen and oxygen atoms in total. The van der Waals surface area contributed by atoms with Crippen LogP contribution in [0.4, 0.5) is 0 Å². The lowest BCUT2D eigenvalue weighted by molar-refractivity contribution is -0.144. The third kappa shape index (κ3) is 5.92. The zero-order valence-corrected chi connectivity index (χ0v) is 12.4. The number of rotatable bonds is 8. The van der Waals surface area contributed by atoms with Crippen molar-refractivity contribution in [3.63, 3.8) is 0 Å². The van der Waals surface area contributed by atoms with E-state index in [4.69, 9.17) is 5.11 Å². The van der Waals surface area contributed by atoms with Gasteiger partial charge in [-0.05, 0) is 24.8 Å². The summed E-state index contributed by atoms with van der Waals surface area (Å²) in [5.74, 6) is -1.96. The molecule has 0 radical (unpaired) electrons. The number of nitrogens with one attached hydrogen (secondary N) is 2. The van der Waals surface area contributed by atoms with Crippen LogP contribution in [-0.4, -0.2) is 46.7 Å². The molecule has 8 heteroatoms. The zero-order chi connectivity index (χ0) is 15.8. The number of aliphatic hydroxyl groups excluding tert-OH is 1. The Morgan fingerprint density at radius 1 is 1.38 bits per heavy atom. The second kappa shape index (κ2) is 8.38. The minimum Gasteiger partial charge on any atom is -0.480 e. The lowest BCUT2D eigenvalue weighted by Crippen LogP contribution is -2.47. The number of amides is 2. The van der Waals surface area contributed by atoms with Gasteiger partial charge in [0.05, 0.1) is 11.0 Å². The number of carbonyl (C=O) groups excluding carboxylic acids is 2. The van der Waals surface area contributed by atoms with Crippen LogP contribution in [0.3, 0.4) is 0 Å². The van der Waals surface area contributed by atoms with Crippen molar-refractivity contribution in [3.05, 3.63) is 22.4 Å². The van der Waals surface area contributed by atoms with Crippen LogP contribution in [0, 0.1) is 0 Å². The molecule has 0 spiro atoms. The van der Waals surface area contributed by atoms with Gasteiger partial charge in [-0.1, -0.05) is 6.07 Å². The van der Waals surface area contributed by atoms with Crippen molar-refractivity contribution in [1.82, 2.24) is 10.6 Å². The van der Waals surface area contributed by atoms with Crippen molar-refractivity contribution in [2.45, 2.75) is 31.9 Å². The van der Waals surface area contributed by atoms with Gasteiger partial charge in [-0.3, -0.25) is 9.59 Å². The van der Waals surface area contributed by atoms with Gasteiger partial charge in [-0.2, -0.15) is 0 Å².